The second-order valence-corrected chi connectivity index (χ2v) is 11.9. The third-order valence-electron chi connectivity index (χ3n) is 8.35. The van der Waals surface area contributed by atoms with Gasteiger partial charge >= 0.3 is 11.9 Å². The fraction of sp³-hybridized carbons (Fsp3) is 0.688. The van der Waals surface area contributed by atoms with Crippen molar-refractivity contribution in [2.45, 2.75) is 98.9 Å². The molecule has 0 bridgehead atoms. The minimum atomic E-state index is -0.377. The van der Waals surface area contributed by atoms with Crippen LogP contribution in [0.5, 0.6) is 11.5 Å². The van der Waals surface area contributed by atoms with Gasteiger partial charge in [-0.3, -0.25) is 9.69 Å². The minimum absolute atomic E-state index is 0. The molecule has 554 valence electrons. The number of allylic oxidation sites excluding steroid dienone is 2. The SMILES string of the molecule is COc1c(C)c2c(c(OC)c1C(C)/C=C(/CC(C)C(=O)OCC(C)N1C(C)COCC1C)C(C)C)C(=O)OC2C.[HH].[HH].[HH].[HH].[HH].[HH].[HH].[HH].[HH].[HH].[HH].[HH].[HH].[HH].[HH].[HH].[HH].[HH].[HH].[HH].[HH].[HH].[HH].[HH].[HH].[HH].[HH].[HH].[HH].[HH].[HH].[HH].[HH].[HH].[HH].[HH].[HH].[HH].[HH].[HH].[HH].[HH].[HH].[HH].[HH].[HH].[HH].[HH].[HH].[HH].[HH].[HH].[HH].[HH].[HH].[HH].[HH].[HH].[HH].[HH].[HH].[HH].[HH].[HH].[HH].[HH].[HH].[HH].[HH].[HH].[HH].[HH].[HH].[HH].[HH].[HH].[HH].[HH].[HH].[HH].[HH].[HH].[HH].[HH].[HH].[HH].[HH].[HH].[HH].[HH].[HH].[HH].[HH].[HH].[HH].[HH].[HH].[HH].[HH].[HH].[HH].[HH].[HH].[HH].[HH].[HH].[HH].[HH].[HH].[HH].[HH].[HH].[HH].[HH].[HH].[HH].[HH].[HH].[HH].[HH].[HH].[HH].[HH].[HH].[HH].[HH].[HH].[HH].[HH].[HH].[HH].[HH].[HH].[HH].[HH].[HH].[HH].[HH].[HH].[HH].[HH].[HH].[HH].[HH].[HH].[HH].[HH].[HH].[HH].[HH].[HH].[HH].[HH].[HH].[HH].[HH].[HH].[HH].[HH].[HH].[HH].[HH].[HH].[HH].[HH]. The van der Waals surface area contributed by atoms with Gasteiger partial charge in [0, 0.05) is 271 Å². The number of rotatable bonds is 11. The summed E-state index contributed by atoms with van der Waals surface area (Å²) in [6.45, 7) is 20.2. The van der Waals surface area contributed by atoms with Gasteiger partial charge in [-0.15, -0.1) is 0 Å². The lowest BCUT2D eigenvalue weighted by Crippen LogP contribution is -2.54. The molecule has 0 aliphatic carbocycles. The highest BCUT2D eigenvalue weighted by Crippen LogP contribution is 2.49. The summed E-state index contributed by atoms with van der Waals surface area (Å²) in [6.07, 6.45) is 2.39. The highest BCUT2D eigenvalue weighted by Gasteiger charge is 2.38. The topological polar surface area (TPSA) is 83.5 Å². The van der Waals surface area contributed by atoms with E-state index in [1.165, 1.54) is 0 Å². The number of fused-ring (bicyclic) bond motifs is 1. The predicted molar refractivity (Wildman–Crippen MR) is 504 cm³/mol. The molecule has 8 heteroatoms. The van der Waals surface area contributed by atoms with Crippen molar-refractivity contribution in [2.24, 2.45) is 11.8 Å². The summed E-state index contributed by atoms with van der Waals surface area (Å²) in [4.78, 5) is 28.2. The minimum Gasteiger partial charge on any atom is -0.496 e. The maximum absolute atomic E-state index is 13.1. The van der Waals surface area contributed by atoms with Crippen LogP contribution in [0.4, 0.5) is 0 Å². The number of hydrogen-bond donors (Lipinski definition) is 0. The number of carbonyl (C=O) groups excluding carboxylic acids is 2. The van der Waals surface area contributed by atoms with E-state index in [0.717, 1.165) is 22.3 Å². The number of benzene rings is 1. The van der Waals surface area contributed by atoms with E-state index in [4.69, 9.17) is 23.7 Å². The van der Waals surface area contributed by atoms with Gasteiger partial charge in [0.05, 0.1) is 33.4 Å². The van der Waals surface area contributed by atoms with Crippen LogP contribution in [-0.2, 0) is 19.0 Å². The lowest BCUT2D eigenvalue weighted by molar-refractivity contribution is -0.151. The van der Waals surface area contributed by atoms with Crippen molar-refractivity contribution in [3.8, 4) is 11.5 Å². The van der Waals surface area contributed by atoms with Gasteiger partial charge < -0.3 is 23.7 Å². The van der Waals surface area contributed by atoms with Crippen LogP contribution in [0.25, 0.3) is 0 Å². The number of hydrogen-bond acceptors (Lipinski definition) is 8. The summed E-state index contributed by atoms with van der Waals surface area (Å²) in [5.74, 6) is 0.394. The zero-order valence-electron chi connectivity index (χ0n) is 26.3. The molecule has 2 aliphatic heterocycles. The van der Waals surface area contributed by atoms with Gasteiger partial charge in [0.2, 0.25) is 0 Å². The average molecular weight is 892 g/mol. The van der Waals surface area contributed by atoms with Crippen molar-refractivity contribution in [1.29, 1.82) is 0 Å². The van der Waals surface area contributed by atoms with Crippen molar-refractivity contribution in [2.75, 3.05) is 34.0 Å². The molecule has 1 aromatic rings. The van der Waals surface area contributed by atoms with Crippen molar-refractivity contribution in [3.05, 3.63) is 33.9 Å². The first-order valence-electron chi connectivity index (χ1n) is 14.5. The third kappa shape index (κ3) is 6.49. The number of carbonyl (C=O) groups is 2. The number of nitrogens with zero attached hydrogens (tertiary/aromatic N) is 1. The number of cyclic esters (lactones) is 1. The van der Waals surface area contributed by atoms with E-state index in [1.807, 2.05) is 20.8 Å². The van der Waals surface area contributed by atoms with Gasteiger partial charge in [0.1, 0.15) is 29.8 Å². The average Bonchev–Trinajstić information content (AvgIpc) is 3.20. The summed E-state index contributed by atoms with van der Waals surface area (Å²) >= 11 is 0. The molecular weight excluding hydrogens is 510 g/mol. The molecular formula is C32H379NO7. The zero-order chi connectivity index (χ0) is 29.9. The number of morpholine rings is 1. The van der Waals surface area contributed by atoms with Crippen molar-refractivity contribution in [1.82, 2.24) is 4.90 Å². The van der Waals surface area contributed by atoms with Crippen molar-refractivity contribution < 1.29 is 269 Å². The predicted octanol–water partition coefficient (Wildman–Crippen LogP) is 46.6. The summed E-state index contributed by atoms with van der Waals surface area (Å²) in [5.41, 5.74) is 4.12. The lowest BCUT2D eigenvalue weighted by atomic mass is 9.85. The molecule has 3 rings (SSSR count). The Hall–Kier alpha value is -2.58. The van der Waals surface area contributed by atoms with E-state index in [9.17, 15) is 9.59 Å². The molecule has 0 aromatic heterocycles. The van der Waals surface area contributed by atoms with Gasteiger partial charge in [0.15, 0.2) is 0 Å². The van der Waals surface area contributed by atoms with Gasteiger partial charge in [-0.05, 0) is 52.5 Å². The van der Waals surface area contributed by atoms with Crippen LogP contribution in [0, 0.1) is 18.8 Å². The summed E-state index contributed by atoms with van der Waals surface area (Å²) in [5, 5.41) is 0. The number of ether oxygens (including phenoxy) is 5. The van der Waals surface area contributed by atoms with Crippen molar-refractivity contribution in [3.63, 3.8) is 0 Å². The first kappa shape index (κ1) is 31.9. The van der Waals surface area contributed by atoms with Crippen molar-refractivity contribution >= 4 is 11.9 Å². The van der Waals surface area contributed by atoms with E-state index in [2.05, 4.69) is 52.5 Å². The Labute approximate surface area is 485 Å². The fourth-order valence-corrected chi connectivity index (χ4v) is 6.40. The molecule has 0 N–H and O–H groups in total. The van der Waals surface area contributed by atoms with E-state index in [-0.39, 0.29) is 289 Å². The summed E-state index contributed by atoms with van der Waals surface area (Å²) in [6, 6.07) is 0.685. The first-order valence-corrected chi connectivity index (χ1v) is 14.5. The quantitative estimate of drug-likeness (QED) is 0.160. The van der Waals surface area contributed by atoms with Crippen LogP contribution in [0.2, 0.25) is 0 Å². The fourth-order valence-electron chi connectivity index (χ4n) is 6.40. The third-order valence-corrected chi connectivity index (χ3v) is 8.35. The monoisotopic (exact) mass is 892 g/mol. The molecule has 6 atom stereocenters. The molecule has 1 aromatic carbocycles. The molecule has 1 saturated heterocycles. The first-order chi connectivity index (χ1) is 18.8. The van der Waals surface area contributed by atoms with Crippen LogP contribution in [-0.4, -0.2) is 69.0 Å². The second kappa shape index (κ2) is 13.4. The Morgan fingerprint density at radius 2 is 1.65 bits per heavy atom. The normalized spacial score (nSPS) is 23.9. The van der Waals surface area contributed by atoms with E-state index in [0.29, 0.717) is 43.3 Å². The summed E-state index contributed by atoms with van der Waals surface area (Å²) in [7, 11) is 3.21. The molecule has 2 aliphatic rings. The van der Waals surface area contributed by atoms with Gasteiger partial charge in [-0.2, -0.15) is 0 Å². The van der Waals surface area contributed by atoms with Gasteiger partial charge in [0.25, 0.3) is 0 Å². The Kier molecular flexibility index (Phi) is 10.7. The molecule has 0 saturated carbocycles. The smallest absolute Gasteiger partial charge is 0.342 e. The molecule has 1 fully saturated rings. The van der Waals surface area contributed by atoms with E-state index in [1.54, 1.807) is 14.2 Å². The van der Waals surface area contributed by atoms with Crippen LogP contribution in [0.1, 0.15) is 336 Å². The Balaban J connectivity index is -0.000000000664. The largest absolute Gasteiger partial charge is 0.496 e. The van der Waals surface area contributed by atoms with Gasteiger partial charge in [-0.25, -0.2) is 4.79 Å². The molecule has 40 heavy (non-hydrogen) atoms. The molecule has 0 amide bonds. The highest BCUT2D eigenvalue weighted by molar-refractivity contribution is 5.99. The van der Waals surface area contributed by atoms with E-state index >= 15 is 0 Å². The highest BCUT2D eigenvalue weighted by atomic mass is 16.6. The Morgan fingerprint density at radius 3 is 2.20 bits per heavy atom. The second-order valence-electron chi connectivity index (χ2n) is 11.9. The molecule has 8 nitrogen and oxygen atoms in total. The van der Waals surface area contributed by atoms with Crippen LogP contribution < -0.4 is 9.47 Å². The standard InChI is InChI=1S/C32H49NO7.165H2/c1-17(2)25(13-19(4)31(34)39-16-22(7)33-20(5)14-38-15-21(33)6)12-18(3)26-29(36-10)23(8)27-24(9)40-32(35)28(27)30(26)37-11;;;;;;;;;;;;;;;;;;;;;;;;;;;;;;;;;;;;;;;;;;;;;;;;;;;;;;;;;;;;;;;;;;;;;;;;;;;;;;;;;;;;;;;;;;;;;;;;;;;;;;;;;;;;;;;;;;;;;;;;;;;;;;;;;;;;;;;;;;;;;;;;;;;;;;;;;;;;;;;;;;;;;/h12,17-22,24H,13-16H2,1-11H3;165*1H/b25-12-;;;;;;;;;;;;;;;;;;;;;;;;;;;;;;;;;;;;;;;;;;;;;;;;;;;;;;;;;;;;;;;;;;;;;;;;;;;;;;;;;;;;;;;;;;;;;;;;;;;;;;;;;;;;;;;;;;;;;;;;;;;;;;;;;;;;;;;;;;;;;;;;;;;;;;;;;;;;;;;;;;;;;. The van der Waals surface area contributed by atoms with Crippen LogP contribution in [0.3, 0.4) is 0 Å². The summed E-state index contributed by atoms with van der Waals surface area (Å²) < 4.78 is 28.7. The number of methoxy groups -OCH3 is 2. The van der Waals surface area contributed by atoms with Crippen LogP contribution in [0.15, 0.2) is 11.6 Å². The maximum Gasteiger partial charge on any atom is 0.342 e. The molecule has 6 unspecified atom stereocenters. The molecule has 0 spiro atoms. The molecule has 2 heterocycles. The Bertz CT molecular complexity index is 1250. The molecule has 0 radical (unpaired) electrons. The number of esters is 2. The van der Waals surface area contributed by atoms with E-state index < -0.39 is 0 Å². The zero-order valence-corrected chi connectivity index (χ0v) is 26.3. The Morgan fingerprint density at radius 1 is 1.05 bits per heavy atom. The van der Waals surface area contributed by atoms with Crippen LogP contribution >= 0.6 is 0 Å². The van der Waals surface area contributed by atoms with Gasteiger partial charge in [-0.1, -0.05) is 39.3 Å². The maximum atomic E-state index is 13.1. The lowest BCUT2D eigenvalue weighted by Gasteiger charge is -2.42.